The van der Waals surface area contributed by atoms with E-state index in [-0.39, 0.29) is 24.0 Å². The molecule has 1 saturated heterocycles. The Balaban J connectivity index is 1.88. The number of carbonyl (C=O) groups excluding carboxylic acids is 2. The minimum absolute atomic E-state index is 0.0201. The maximum atomic E-state index is 11.9. The number of benzene rings is 1. The highest BCUT2D eigenvalue weighted by Crippen LogP contribution is 2.35. The fraction of sp³-hybridized carbons (Fsp3) is 0.375. The third-order valence-corrected chi connectivity index (χ3v) is 3.99. The Kier molecular flexibility index (Phi) is 6.62. The first kappa shape index (κ1) is 18.3. The first-order valence-electron chi connectivity index (χ1n) is 7.28. The number of methoxy groups -OCH3 is 1. The van der Waals surface area contributed by atoms with Crippen LogP contribution in [0.2, 0.25) is 0 Å². The third-order valence-electron chi connectivity index (χ3n) is 3.38. The normalized spacial score (nSPS) is 14.7. The maximum absolute atomic E-state index is 11.9. The van der Waals surface area contributed by atoms with Crippen molar-refractivity contribution in [1.82, 2.24) is 4.90 Å². The van der Waals surface area contributed by atoms with Gasteiger partial charge in [0.2, 0.25) is 0 Å². The molecule has 1 heterocycles. The van der Waals surface area contributed by atoms with Crippen molar-refractivity contribution >= 4 is 33.9 Å². The molecule has 1 aliphatic heterocycles. The van der Waals surface area contributed by atoms with E-state index in [0.717, 1.165) is 0 Å². The topological polar surface area (TPSA) is 85.3 Å². The third kappa shape index (κ3) is 4.97. The van der Waals surface area contributed by atoms with Crippen LogP contribution < -0.4 is 4.74 Å². The molecule has 2 rings (SSSR count). The lowest BCUT2D eigenvalue weighted by Gasteiger charge is -2.26. The zero-order valence-electron chi connectivity index (χ0n) is 13.2. The number of rotatable bonds is 5. The molecule has 1 aromatic carbocycles. The van der Waals surface area contributed by atoms with Crippen molar-refractivity contribution in [2.75, 3.05) is 40.0 Å². The highest BCUT2D eigenvalue weighted by molar-refractivity contribution is 9.10. The Hall–Kier alpha value is -2.06. The number of hydrogen-bond donors (Lipinski definition) is 1. The smallest absolute Gasteiger partial charge is 0.331 e. The van der Waals surface area contributed by atoms with E-state index in [2.05, 4.69) is 15.9 Å². The zero-order valence-corrected chi connectivity index (χ0v) is 14.7. The Morgan fingerprint density at radius 2 is 2.08 bits per heavy atom. The number of halogens is 1. The summed E-state index contributed by atoms with van der Waals surface area (Å²) in [6, 6.07) is 3.20. The van der Waals surface area contributed by atoms with Gasteiger partial charge in [0.05, 0.1) is 24.8 Å². The lowest BCUT2D eigenvalue weighted by molar-refractivity contribution is -0.150. The van der Waals surface area contributed by atoms with Crippen LogP contribution in [0.1, 0.15) is 5.56 Å². The molecule has 0 aromatic heterocycles. The molecule has 130 valence electrons. The number of carbonyl (C=O) groups is 2. The lowest BCUT2D eigenvalue weighted by Crippen LogP contribution is -2.42. The molecule has 24 heavy (non-hydrogen) atoms. The predicted octanol–water partition coefficient (Wildman–Crippen LogP) is 1.58. The van der Waals surface area contributed by atoms with Crippen molar-refractivity contribution in [3.8, 4) is 11.5 Å². The first-order valence-corrected chi connectivity index (χ1v) is 8.07. The zero-order chi connectivity index (χ0) is 17.5. The van der Waals surface area contributed by atoms with Crippen molar-refractivity contribution in [2.45, 2.75) is 0 Å². The monoisotopic (exact) mass is 399 g/mol. The minimum Gasteiger partial charge on any atom is -0.503 e. The number of ether oxygens (including phenoxy) is 3. The summed E-state index contributed by atoms with van der Waals surface area (Å²) < 4.78 is 15.6. The maximum Gasteiger partial charge on any atom is 0.331 e. The van der Waals surface area contributed by atoms with Crippen molar-refractivity contribution in [1.29, 1.82) is 0 Å². The van der Waals surface area contributed by atoms with Gasteiger partial charge in [0, 0.05) is 19.2 Å². The summed E-state index contributed by atoms with van der Waals surface area (Å²) in [5.74, 6) is -0.609. The molecule has 7 nitrogen and oxygen atoms in total. The average molecular weight is 400 g/mol. The van der Waals surface area contributed by atoms with Gasteiger partial charge in [0.25, 0.3) is 5.91 Å². The molecule has 1 aliphatic rings. The fourth-order valence-corrected chi connectivity index (χ4v) is 2.55. The summed E-state index contributed by atoms with van der Waals surface area (Å²) in [5, 5.41) is 9.73. The molecule has 1 N–H and O–H groups in total. The number of nitrogens with zero attached hydrogens (tertiary/aromatic N) is 1. The number of phenolic OH excluding ortho intramolecular Hbond substituents is 1. The van der Waals surface area contributed by atoms with E-state index in [4.69, 9.17) is 14.2 Å². The molecule has 0 aliphatic carbocycles. The largest absolute Gasteiger partial charge is 0.503 e. The van der Waals surface area contributed by atoms with Crippen LogP contribution in [0.5, 0.6) is 11.5 Å². The Morgan fingerprint density at radius 1 is 1.38 bits per heavy atom. The van der Waals surface area contributed by atoms with E-state index in [1.54, 1.807) is 17.0 Å². The van der Waals surface area contributed by atoms with Gasteiger partial charge >= 0.3 is 5.97 Å². The van der Waals surface area contributed by atoms with E-state index in [1.807, 2.05) is 0 Å². The lowest BCUT2D eigenvalue weighted by atomic mass is 10.2. The quantitative estimate of drug-likeness (QED) is 0.597. The van der Waals surface area contributed by atoms with Crippen molar-refractivity contribution < 1.29 is 28.9 Å². The summed E-state index contributed by atoms with van der Waals surface area (Å²) in [7, 11) is 1.43. The number of hydrogen-bond acceptors (Lipinski definition) is 6. The molecule has 1 amide bonds. The second kappa shape index (κ2) is 8.70. The average Bonchev–Trinajstić information content (AvgIpc) is 2.61. The predicted molar refractivity (Wildman–Crippen MR) is 89.8 cm³/mol. The number of phenols is 1. The first-order chi connectivity index (χ1) is 11.5. The van der Waals surface area contributed by atoms with Crippen LogP contribution in [0.3, 0.4) is 0 Å². The van der Waals surface area contributed by atoms with Gasteiger partial charge in [0.15, 0.2) is 18.1 Å². The van der Waals surface area contributed by atoms with E-state index >= 15 is 0 Å². The SMILES string of the molecule is COc1cc(/C=C/C(=O)OCC(=O)N2CCOCC2)cc(Br)c1O. The Morgan fingerprint density at radius 3 is 2.75 bits per heavy atom. The van der Waals surface area contributed by atoms with Crippen LogP contribution >= 0.6 is 15.9 Å². The molecule has 1 fully saturated rings. The molecular formula is C16H18BrNO6. The molecule has 8 heteroatoms. The van der Waals surface area contributed by atoms with Crippen LogP contribution in [0.25, 0.3) is 6.08 Å². The standard InChI is InChI=1S/C16H18BrNO6/c1-22-13-9-11(8-12(17)16(13)21)2-3-15(20)24-10-14(19)18-4-6-23-7-5-18/h2-3,8-9,21H,4-7,10H2,1H3/b3-2+. The van der Waals surface area contributed by atoms with Gasteiger partial charge in [-0.25, -0.2) is 4.79 Å². The second-order valence-corrected chi connectivity index (χ2v) is 5.84. The summed E-state index contributed by atoms with van der Waals surface area (Å²) in [4.78, 5) is 25.2. The Bertz CT molecular complexity index is 640. The molecule has 0 unspecified atom stereocenters. The van der Waals surface area contributed by atoms with Gasteiger partial charge < -0.3 is 24.2 Å². The minimum atomic E-state index is -0.625. The van der Waals surface area contributed by atoms with E-state index in [1.165, 1.54) is 19.3 Å². The second-order valence-electron chi connectivity index (χ2n) is 4.99. The van der Waals surface area contributed by atoms with E-state index in [9.17, 15) is 14.7 Å². The van der Waals surface area contributed by atoms with Crippen molar-refractivity contribution in [3.05, 3.63) is 28.2 Å². The number of morpholine rings is 1. The van der Waals surface area contributed by atoms with Gasteiger partial charge in [0.1, 0.15) is 0 Å². The van der Waals surface area contributed by atoms with Gasteiger partial charge in [-0.05, 0) is 39.7 Å². The molecular weight excluding hydrogens is 382 g/mol. The van der Waals surface area contributed by atoms with Crippen molar-refractivity contribution in [2.24, 2.45) is 0 Å². The fourth-order valence-electron chi connectivity index (χ4n) is 2.09. The molecule has 0 bridgehead atoms. The van der Waals surface area contributed by atoms with Crippen LogP contribution in [0.15, 0.2) is 22.7 Å². The molecule has 1 aromatic rings. The molecule has 0 radical (unpaired) electrons. The van der Waals surface area contributed by atoms with Crippen LogP contribution in [-0.4, -0.2) is 61.9 Å². The van der Waals surface area contributed by atoms with Crippen molar-refractivity contribution in [3.63, 3.8) is 0 Å². The number of aromatic hydroxyl groups is 1. The molecule has 0 saturated carbocycles. The van der Waals surface area contributed by atoms with Gasteiger partial charge in [-0.1, -0.05) is 0 Å². The summed E-state index contributed by atoms with van der Waals surface area (Å²) in [5.41, 5.74) is 0.632. The highest BCUT2D eigenvalue weighted by atomic mass is 79.9. The van der Waals surface area contributed by atoms with Gasteiger partial charge in [-0.2, -0.15) is 0 Å². The number of esters is 1. The van der Waals surface area contributed by atoms with E-state index in [0.29, 0.717) is 36.3 Å². The van der Waals surface area contributed by atoms with E-state index < -0.39 is 5.97 Å². The molecule has 0 atom stereocenters. The van der Waals surface area contributed by atoms with Gasteiger partial charge in [-0.3, -0.25) is 4.79 Å². The number of amides is 1. The van der Waals surface area contributed by atoms with Crippen LogP contribution in [-0.2, 0) is 19.1 Å². The van der Waals surface area contributed by atoms with Gasteiger partial charge in [-0.15, -0.1) is 0 Å². The van der Waals surface area contributed by atoms with Crippen LogP contribution in [0.4, 0.5) is 0 Å². The van der Waals surface area contributed by atoms with Crippen LogP contribution in [0, 0.1) is 0 Å². The Labute approximate surface area is 147 Å². The summed E-state index contributed by atoms with van der Waals surface area (Å²) >= 11 is 3.20. The summed E-state index contributed by atoms with van der Waals surface area (Å²) in [6.07, 6.45) is 2.72. The highest BCUT2D eigenvalue weighted by Gasteiger charge is 2.17. The molecule has 0 spiro atoms. The summed E-state index contributed by atoms with van der Waals surface area (Å²) in [6.45, 7) is 1.71.